The van der Waals surface area contributed by atoms with E-state index in [1.54, 1.807) is 0 Å². The average molecular weight is 380 g/mol. The Morgan fingerprint density at radius 2 is 2.00 bits per heavy atom. The molecule has 0 spiro atoms. The molecule has 0 radical (unpaired) electrons. The van der Waals surface area contributed by atoms with Crippen molar-refractivity contribution in [3.63, 3.8) is 0 Å². The van der Waals surface area contributed by atoms with Gasteiger partial charge in [0.25, 0.3) is 5.91 Å². The van der Waals surface area contributed by atoms with Crippen molar-refractivity contribution in [1.29, 1.82) is 10.5 Å². The fraction of sp³-hybridized carbons (Fsp3) is 0.524. The summed E-state index contributed by atoms with van der Waals surface area (Å²) in [4.78, 5) is 24.3. The first-order chi connectivity index (χ1) is 13.4. The third-order valence-corrected chi connectivity index (χ3v) is 5.46. The van der Waals surface area contributed by atoms with Crippen LogP contribution in [0.5, 0.6) is 0 Å². The van der Waals surface area contributed by atoms with Crippen molar-refractivity contribution in [1.82, 2.24) is 9.88 Å². The van der Waals surface area contributed by atoms with E-state index < -0.39 is 24.0 Å². The molecule has 0 bridgehead atoms. The van der Waals surface area contributed by atoms with Crippen LogP contribution in [0.15, 0.2) is 11.6 Å². The molecule has 1 N–H and O–H groups in total. The van der Waals surface area contributed by atoms with Crippen LogP contribution >= 0.6 is 0 Å². The highest BCUT2D eigenvalue weighted by molar-refractivity contribution is 5.99. The summed E-state index contributed by atoms with van der Waals surface area (Å²) in [5.74, 6) is -1.37. The van der Waals surface area contributed by atoms with Gasteiger partial charge in [-0.15, -0.1) is 0 Å². The molecule has 0 saturated heterocycles. The van der Waals surface area contributed by atoms with Crippen molar-refractivity contribution in [2.45, 2.75) is 64.0 Å². The van der Waals surface area contributed by atoms with Gasteiger partial charge in [0, 0.05) is 17.4 Å². The van der Waals surface area contributed by atoms with Crippen LogP contribution in [-0.4, -0.2) is 28.6 Å². The summed E-state index contributed by atoms with van der Waals surface area (Å²) in [6.45, 7) is 3.46. The van der Waals surface area contributed by atoms with E-state index in [2.05, 4.69) is 16.0 Å². The van der Waals surface area contributed by atoms with Gasteiger partial charge in [0.15, 0.2) is 6.61 Å². The molecule has 1 aromatic heterocycles. The highest BCUT2D eigenvalue weighted by Crippen LogP contribution is 2.38. The Labute approximate surface area is 164 Å². The van der Waals surface area contributed by atoms with Gasteiger partial charge in [-0.2, -0.15) is 10.5 Å². The fourth-order valence-electron chi connectivity index (χ4n) is 3.89. The van der Waals surface area contributed by atoms with Crippen LogP contribution in [0.1, 0.15) is 61.5 Å². The molecule has 0 aliphatic heterocycles. The number of aromatic nitrogens is 1. The van der Waals surface area contributed by atoms with Gasteiger partial charge in [0.05, 0.1) is 6.07 Å². The molecule has 146 valence electrons. The summed E-state index contributed by atoms with van der Waals surface area (Å²) >= 11 is 0. The molecule has 0 atom stereocenters. The van der Waals surface area contributed by atoms with Crippen molar-refractivity contribution in [2.75, 3.05) is 6.61 Å². The molecule has 1 heterocycles. The molecule has 2 aliphatic carbocycles. The lowest BCUT2D eigenvalue weighted by molar-refractivity contribution is -0.144. The number of aryl methyl sites for hydroxylation is 1. The zero-order chi connectivity index (χ0) is 20.3. The lowest BCUT2D eigenvalue weighted by Crippen LogP contribution is -2.46. The number of nitrogens with zero attached hydrogens (tertiary/aromatic N) is 3. The van der Waals surface area contributed by atoms with Gasteiger partial charge >= 0.3 is 5.97 Å². The molecule has 1 aromatic rings. The molecule has 0 unspecified atom stereocenters. The summed E-state index contributed by atoms with van der Waals surface area (Å²) in [6, 6.07) is 6.46. The van der Waals surface area contributed by atoms with Gasteiger partial charge in [-0.25, -0.2) is 4.79 Å². The predicted octanol–water partition coefficient (Wildman–Crippen LogP) is 2.84. The van der Waals surface area contributed by atoms with Gasteiger partial charge < -0.3 is 14.6 Å². The number of hydrogen-bond acceptors (Lipinski definition) is 5. The maximum Gasteiger partial charge on any atom is 0.349 e. The second-order valence-electron chi connectivity index (χ2n) is 7.62. The van der Waals surface area contributed by atoms with Gasteiger partial charge in [-0.1, -0.05) is 0 Å². The first kappa shape index (κ1) is 19.7. The molecule has 7 heteroatoms. The Bertz CT molecular complexity index is 903. The van der Waals surface area contributed by atoms with Crippen molar-refractivity contribution >= 4 is 18.0 Å². The van der Waals surface area contributed by atoms with E-state index in [9.17, 15) is 20.1 Å². The van der Waals surface area contributed by atoms with Crippen molar-refractivity contribution in [2.24, 2.45) is 0 Å². The SMILES string of the molecule is Cc1cc(/C=C(\C#N)C(=O)OCC(=O)NC2(C#N)CCCC2)c(C)n1C1CC1. The van der Waals surface area contributed by atoms with Gasteiger partial charge in [0.1, 0.15) is 17.2 Å². The Balaban J connectivity index is 1.63. The summed E-state index contributed by atoms with van der Waals surface area (Å²) in [5.41, 5.74) is 1.89. The van der Waals surface area contributed by atoms with Crippen LogP contribution < -0.4 is 5.32 Å². The Kier molecular flexibility index (Phi) is 5.56. The van der Waals surface area contributed by atoms with E-state index in [4.69, 9.17) is 4.74 Å². The van der Waals surface area contributed by atoms with Crippen LogP contribution in [0.25, 0.3) is 6.08 Å². The van der Waals surface area contributed by atoms with Gasteiger partial charge in [0.2, 0.25) is 0 Å². The standard InChI is InChI=1S/C21H24N4O3/c1-14-9-16(15(2)25(14)18-5-6-18)10-17(11-22)20(27)28-12-19(26)24-21(13-23)7-3-4-8-21/h9-10,18H,3-8,12H2,1-2H3,(H,24,26)/b17-10+. The first-order valence-corrected chi connectivity index (χ1v) is 9.59. The van der Waals surface area contributed by atoms with Gasteiger partial charge in [-0.3, -0.25) is 4.79 Å². The number of carbonyl (C=O) groups is 2. The van der Waals surface area contributed by atoms with Crippen molar-refractivity contribution in [3.8, 4) is 12.1 Å². The van der Waals surface area contributed by atoms with Crippen LogP contribution in [0.3, 0.4) is 0 Å². The van der Waals surface area contributed by atoms with Crippen LogP contribution in [-0.2, 0) is 14.3 Å². The lowest BCUT2D eigenvalue weighted by atomic mass is 10.00. The monoisotopic (exact) mass is 380 g/mol. The molecule has 3 rings (SSSR count). The molecule has 0 aromatic carbocycles. The number of esters is 1. The number of amides is 1. The third-order valence-electron chi connectivity index (χ3n) is 5.46. The summed E-state index contributed by atoms with van der Waals surface area (Å²) < 4.78 is 7.23. The second kappa shape index (κ2) is 7.90. The highest BCUT2D eigenvalue weighted by Gasteiger charge is 2.35. The normalized spacial score (nSPS) is 18.2. The minimum atomic E-state index is -0.863. The minimum Gasteiger partial charge on any atom is -0.451 e. The summed E-state index contributed by atoms with van der Waals surface area (Å²) in [6.07, 6.45) is 6.77. The van der Waals surface area contributed by atoms with E-state index in [0.29, 0.717) is 18.9 Å². The molecule has 2 aliphatic rings. The first-order valence-electron chi connectivity index (χ1n) is 9.59. The molecular formula is C21H24N4O3. The van der Waals surface area contributed by atoms with E-state index >= 15 is 0 Å². The topological polar surface area (TPSA) is 108 Å². The molecule has 2 fully saturated rings. The number of nitrogens with one attached hydrogen (secondary N) is 1. The quantitative estimate of drug-likeness (QED) is 0.464. The second-order valence-corrected chi connectivity index (χ2v) is 7.62. The Morgan fingerprint density at radius 3 is 2.57 bits per heavy atom. The number of nitriles is 2. The number of hydrogen-bond donors (Lipinski definition) is 1. The van der Waals surface area contributed by atoms with Crippen molar-refractivity contribution in [3.05, 3.63) is 28.6 Å². The minimum absolute atomic E-state index is 0.153. The zero-order valence-electron chi connectivity index (χ0n) is 16.2. The lowest BCUT2D eigenvalue weighted by Gasteiger charge is -2.21. The molecule has 7 nitrogen and oxygen atoms in total. The van der Waals surface area contributed by atoms with Crippen LogP contribution in [0, 0.1) is 36.5 Å². The summed E-state index contributed by atoms with van der Waals surface area (Å²) in [7, 11) is 0. The third kappa shape index (κ3) is 4.09. The predicted molar refractivity (Wildman–Crippen MR) is 102 cm³/mol. The molecule has 2 saturated carbocycles. The smallest absolute Gasteiger partial charge is 0.349 e. The van der Waals surface area contributed by atoms with E-state index in [1.807, 2.05) is 26.0 Å². The van der Waals surface area contributed by atoms with E-state index in [0.717, 1.165) is 42.6 Å². The Hall–Kier alpha value is -3.06. The molecule has 28 heavy (non-hydrogen) atoms. The summed E-state index contributed by atoms with van der Waals surface area (Å²) in [5, 5.41) is 21.3. The maximum atomic E-state index is 12.3. The van der Waals surface area contributed by atoms with E-state index in [-0.39, 0.29) is 5.57 Å². The zero-order valence-corrected chi connectivity index (χ0v) is 16.2. The number of rotatable bonds is 6. The highest BCUT2D eigenvalue weighted by atomic mass is 16.5. The fourth-order valence-corrected chi connectivity index (χ4v) is 3.89. The van der Waals surface area contributed by atoms with Crippen LogP contribution in [0.2, 0.25) is 0 Å². The molecular weight excluding hydrogens is 356 g/mol. The van der Waals surface area contributed by atoms with Crippen LogP contribution in [0.4, 0.5) is 0 Å². The Morgan fingerprint density at radius 1 is 1.32 bits per heavy atom. The van der Waals surface area contributed by atoms with Crippen molar-refractivity contribution < 1.29 is 14.3 Å². The molecule has 1 amide bonds. The number of ether oxygens (including phenoxy) is 1. The average Bonchev–Trinajstić information content (AvgIpc) is 3.33. The van der Waals surface area contributed by atoms with Gasteiger partial charge in [-0.05, 0) is 70.1 Å². The van der Waals surface area contributed by atoms with E-state index in [1.165, 1.54) is 6.08 Å². The largest absolute Gasteiger partial charge is 0.451 e. The maximum absolute atomic E-state index is 12.3. The number of carbonyl (C=O) groups excluding carboxylic acids is 2.